The molecule has 6 nitrogen and oxygen atoms in total. The smallest absolute Gasteiger partial charge is 0.270 e. The Hall–Kier alpha value is -1.82. The van der Waals surface area contributed by atoms with Gasteiger partial charge in [-0.3, -0.25) is 14.5 Å². The lowest BCUT2D eigenvalue weighted by atomic mass is 9.83. The van der Waals surface area contributed by atoms with E-state index < -0.39 is 0 Å². The van der Waals surface area contributed by atoms with E-state index in [9.17, 15) is 9.59 Å². The second-order valence-corrected chi connectivity index (χ2v) is 6.05. The summed E-state index contributed by atoms with van der Waals surface area (Å²) in [6.07, 6.45) is 3.92. The lowest BCUT2D eigenvalue weighted by molar-refractivity contribution is -0.126. The number of likely N-dealkylation sites (tertiary alicyclic amines) is 2. The molecular formula is C15H22N4O2. The van der Waals surface area contributed by atoms with Gasteiger partial charge in [-0.05, 0) is 25.0 Å². The third-order valence-electron chi connectivity index (χ3n) is 4.91. The molecule has 1 N–H and O–H groups in total. The van der Waals surface area contributed by atoms with Crippen molar-refractivity contribution >= 4 is 11.8 Å². The summed E-state index contributed by atoms with van der Waals surface area (Å²) in [5.74, 6) is 0.132. The van der Waals surface area contributed by atoms with Crippen LogP contribution in [0, 0.1) is 0 Å². The van der Waals surface area contributed by atoms with E-state index in [1.165, 1.54) is 0 Å². The van der Waals surface area contributed by atoms with Gasteiger partial charge in [0.1, 0.15) is 5.69 Å². The molecule has 0 radical (unpaired) electrons. The zero-order valence-electron chi connectivity index (χ0n) is 12.6. The predicted molar refractivity (Wildman–Crippen MR) is 78.9 cm³/mol. The average Bonchev–Trinajstić information content (AvgIpc) is 3.10. The molecule has 114 valence electrons. The monoisotopic (exact) mass is 290 g/mol. The van der Waals surface area contributed by atoms with E-state index in [1.807, 2.05) is 34.8 Å². The highest BCUT2D eigenvalue weighted by Gasteiger charge is 2.50. The number of hydrogen-bond donors (Lipinski definition) is 1. The minimum atomic E-state index is 0.0212. The van der Waals surface area contributed by atoms with Gasteiger partial charge in [-0.15, -0.1) is 0 Å². The second-order valence-electron chi connectivity index (χ2n) is 6.05. The van der Waals surface area contributed by atoms with Crippen LogP contribution in [-0.4, -0.2) is 64.9 Å². The van der Waals surface area contributed by atoms with Crippen LogP contribution in [0.1, 0.15) is 23.3 Å². The maximum atomic E-state index is 12.5. The van der Waals surface area contributed by atoms with E-state index in [4.69, 9.17) is 0 Å². The molecule has 0 saturated carbocycles. The maximum absolute atomic E-state index is 12.5. The molecule has 1 aromatic heterocycles. The molecule has 0 bridgehead atoms. The van der Waals surface area contributed by atoms with Gasteiger partial charge >= 0.3 is 0 Å². The van der Waals surface area contributed by atoms with Crippen LogP contribution in [0.3, 0.4) is 0 Å². The van der Waals surface area contributed by atoms with Gasteiger partial charge in [0.2, 0.25) is 5.91 Å². The third-order valence-corrected chi connectivity index (χ3v) is 4.91. The molecular weight excluding hydrogens is 268 g/mol. The number of aryl methyl sites for hydroxylation is 1. The Labute approximate surface area is 124 Å². The Morgan fingerprint density at radius 1 is 1.33 bits per heavy atom. The molecule has 2 fully saturated rings. The highest BCUT2D eigenvalue weighted by molar-refractivity contribution is 5.93. The molecule has 2 saturated heterocycles. The number of carbonyl (C=O) groups is 2. The van der Waals surface area contributed by atoms with Gasteiger partial charge in [0.15, 0.2) is 0 Å². The fraction of sp³-hybridized carbons (Fsp3) is 0.600. The number of hydrogen-bond acceptors (Lipinski definition) is 3. The average molecular weight is 290 g/mol. The van der Waals surface area contributed by atoms with E-state index >= 15 is 0 Å². The molecule has 1 aromatic rings. The van der Waals surface area contributed by atoms with Gasteiger partial charge in [-0.25, -0.2) is 0 Å². The van der Waals surface area contributed by atoms with Crippen molar-refractivity contribution in [3.63, 3.8) is 0 Å². The summed E-state index contributed by atoms with van der Waals surface area (Å²) in [4.78, 5) is 28.2. The van der Waals surface area contributed by atoms with E-state index in [-0.39, 0.29) is 17.4 Å². The van der Waals surface area contributed by atoms with Crippen LogP contribution >= 0.6 is 0 Å². The van der Waals surface area contributed by atoms with Crippen LogP contribution in [-0.2, 0) is 11.8 Å². The molecule has 0 aromatic carbocycles. The lowest BCUT2D eigenvalue weighted by Crippen LogP contribution is -2.63. The molecule has 2 aliphatic heterocycles. The van der Waals surface area contributed by atoms with Crippen molar-refractivity contribution in [3.05, 3.63) is 24.0 Å². The zero-order valence-corrected chi connectivity index (χ0v) is 12.6. The van der Waals surface area contributed by atoms with Crippen LogP contribution < -0.4 is 5.32 Å². The molecule has 0 aliphatic carbocycles. The third kappa shape index (κ3) is 2.33. The van der Waals surface area contributed by atoms with Gasteiger partial charge in [-0.2, -0.15) is 0 Å². The summed E-state index contributed by atoms with van der Waals surface area (Å²) in [7, 11) is 3.55. The van der Waals surface area contributed by atoms with E-state index in [0.717, 1.165) is 38.2 Å². The fourth-order valence-electron chi connectivity index (χ4n) is 3.42. The molecule has 2 amide bonds. The van der Waals surface area contributed by atoms with Crippen LogP contribution in [0.4, 0.5) is 0 Å². The highest BCUT2D eigenvalue weighted by Crippen LogP contribution is 2.39. The van der Waals surface area contributed by atoms with Gasteiger partial charge in [0.05, 0.1) is 6.54 Å². The molecule has 0 unspecified atom stereocenters. The largest absolute Gasteiger partial charge is 0.358 e. The van der Waals surface area contributed by atoms with E-state index in [1.54, 1.807) is 7.05 Å². The first-order valence-electron chi connectivity index (χ1n) is 7.42. The normalized spacial score (nSPS) is 25.1. The van der Waals surface area contributed by atoms with Crippen molar-refractivity contribution in [2.45, 2.75) is 18.4 Å². The van der Waals surface area contributed by atoms with Crippen molar-refractivity contribution in [2.24, 2.45) is 7.05 Å². The number of likely N-dealkylation sites (N-methyl/N-ethyl adjacent to an activating group) is 1. The summed E-state index contributed by atoms with van der Waals surface area (Å²) in [5.41, 5.74) is 0.747. The standard InChI is InChI=1S/C15H22N4O2/c1-16-13(20)10-19-9-6-15(19)5-8-18(11-15)14(21)12-4-3-7-17(12)2/h3-4,7H,5-6,8-11H2,1-2H3,(H,16,20)/t15-/m1/s1. The Balaban J connectivity index is 1.67. The summed E-state index contributed by atoms with van der Waals surface area (Å²) < 4.78 is 1.86. The van der Waals surface area contributed by atoms with Gasteiger partial charge in [0.25, 0.3) is 5.91 Å². The molecule has 6 heteroatoms. The van der Waals surface area contributed by atoms with Crippen molar-refractivity contribution in [1.82, 2.24) is 19.7 Å². The first-order valence-corrected chi connectivity index (χ1v) is 7.42. The zero-order chi connectivity index (χ0) is 15.0. The summed E-state index contributed by atoms with van der Waals surface area (Å²) >= 11 is 0. The minimum absolute atomic E-state index is 0.0212. The van der Waals surface area contributed by atoms with Crippen LogP contribution in [0.2, 0.25) is 0 Å². The molecule has 1 atom stereocenters. The summed E-state index contributed by atoms with van der Waals surface area (Å²) in [6, 6.07) is 3.75. The molecule has 21 heavy (non-hydrogen) atoms. The van der Waals surface area contributed by atoms with Crippen LogP contribution in [0.5, 0.6) is 0 Å². The summed E-state index contributed by atoms with van der Waals surface area (Å²) in [6.45, 7) is 2.88. The maximum Gasteiger partial charge on any atom is 0.270 e. The Morgan fingerprint density at radius 2 is 2.10 bits per heavy atom. The number of rotatable bonds is 3. The van der Waals surface area contributed by atoms with Crippen molar-refractivity contribution in [3.8, 4) is 0 Å². The molecule has 3 heterocycles. The van der Waals surface area contributed by atoms with Gasteiger partial charge in [0, 0.05) is 45.5 Å². The Morgan fingerprint density at radius 3 is 2.67 bits per heavy atom. The van der Waals surface area contributed by atoms with Crippen LogP contribution in [0.15, 0.2) is 18.3 Å². The first-order chi connectivity index (χ1) is 10.1. The number of nitrogens with zero attached hydrogens (tertiary/aromatic N) is 3. The fourth-order valence-corrected chi connectivity index (χ4v) is 3.42. The van der Waals surface area contributed by atoms with Gasteiger partial charge in [-0.1, -0.05) is 0 Å². The van der Waals surface area contributed by atoms with Gasteiger partial charge < -0.3 is 14.8 Å². The van der Waals surface area contributed by atoms with Crippen molar-refractivity contribution in [2.75, 3.05) is 33.2 Å². The molecule has 2 aliphatic rings. The van der Waals surface area contributed by atoms with Crippen molar-refractivity contribution in [1.29, 1.82) is 0 Å². The van der Waals surface area contributed by atoms with E-state index in [2.05, 4.69) is 10.2 Å². The first kappa shape index (κ1) is 14.1. The van der Waals surface area contributed by atoms with Crippen molar-refractivity contribution < 1.29 is 9.59 Å². The quantitative estimate of drug-likeness (QED) is 0.856. The Bertz CT molecular complexity index is 568. The topological polar surface area (TPSA) is 57.6 Å². The number of amides is 2. The van der Waals surface area contributed by atoms with E-state index in [0.29, 0.717) is 6.54 Å². The second kappa shape index (κ2) is 5.18. The lowest BCUT2D eigenvalue weighted by Gasteiger charge is -2.50. The molecule has 1 spiro atoms. The number of carbonyl (C=O) groups excluding carboxylic acids is 2. The minimum Gasteiger partial charge on any atom is -0.358 e. The highest BCUT2D eigenvalue weighted by atomic mass is 16.2. The predicted octanol–water partition coefficient (Wildman–Crippen LogP) is 0.0615. The summed E-state index contributed by atoms with van der Waals surface area (Å²) in [5, 5.41) is 2.67. The molecule has 3 rings (SSSR count). The number of aromatic nitrogens is 1. The Kier molecular flexibility index (Phi) is 3.49. The number of nitrogens with one attached hydrogen (secondary N) is 1. The SMILES string of the molecule is CNC(=O)CN1CC[C@@]12CCN(C(=O)c1cccn1C)C2. The van der Waals surface area contributed by atoms with Crippen LogP contribution in [0.25, 0.3) is 0 Å².